The van der Waals surface area contributed by atoms with Crippen molar-refractivity contribution in [1.82, 2.24) is 20.1 Å². The molecular formula is C17H17N5O2. The van der Waals surface area contributed by atoms with Crippen molar-refractivity contribution in [2.75, 3.05) is 0 Å². The molecule has 0 radical (unpaired) electrons. The van der Waals surface area contributed by atoms with Gasteiger partial charge in [-0.05, 0) is 18.6 Å². The maximum absolute atomic E-state index is 12.5. The number of pyridine rings is 1. The molecule has 0 aliphatic heterocycles. The van der Waals surface area contributed by atoms with E-state index >= 15 is 0 Å². The number of nitrogens with zero attached hydrogens (tertiary/aromatic N) is 3. The van der Waals surface area contributed by atoms with Gasteiger partial charge in [-0.15, -0.1) is 0 Å². The Morgan fingerprint density at radius 2 is 1.96 bits per heavy atom. The molecule has 2 amide bonds. The molecule has 0 bridgehead atoms. The highest BCUT2D eigenvalue weighted by atomic mass is 16.2. The van der Waals surface area contributed by atoms with Crippen LogP contribution in [0, 0.1) is 6.92 Å². The van der Waals surface area contributed by atoms with Crippen LogP contribution in [0.4, 0.5) is 0 Å². The number of primary amides is 1. The zero-order chi connectivity index (χ0) is 17.3. The third-order valence-electron chi connectivity index (χ3n) is 3.82. The summed E-state index contributed by atoms with van der Waals surface area (Å²) < 4.78 is 1.66. The van der Waals surface area contributed by atoms with Crippen LogP contribution in [0.25, 0.3) is 11.0 Å². The van der Waals surface area contributed by atoms with Gasteiger partial charge in [0.1, 0.15) is 6.04 Å². The molecule has 0 aliphatic carbocycles. The SMILES string of the molecule is Cc1nn(C)c2ncc(C(=O)NC(C(N)=O)c3ccccc3)cc12. The molecule has 0 saturated carbocycles. The van der Waals surface area contributed by atoms with Crippen LogP contribution >= 0.6 is 0 Å². The number of nitrogens with two attached hydrogens (primary N) is 1. The number of nitrogens with one attached hydrogen (secondary N) is 1. The Morgan fingerprint density at radius 3 is 2.62 bits per heavy atom. The summed E-state index contributed by atoms with van der Waals surface area (Å²) in [4.78, 5) is 28.5. The lowest BCUT2D eigenvalue weighted by Gasteiger charge is -2.15. The van der Waals surface area contributed by atoms with E-state index in [1.54, 1.807) is 42.1 Å². The molecule has 3 N–H and O–H groups in total. The molecule has 3 rings (SSSR count). The number of rotatable bonds is 4. The fourth-order valence-electron chi connectivity index (χ4n) is 2.61. The normalized spacial score (nSPS) is 12.1. The van der Waals surface area contributed by atoms with E-state index in [1.165, 1.54) is 6.20 Å². The van der Waals surface area contributed by atoms with Gasteiger partial charge in [0.25, 0.3) is 5.91 Å². The average molecular weight is 323 g/mol. The molecule has 1 unspecified atom stereocenters. The third-order valence-corrected chi connectivity index (χ3v) is 3.82. The number of carbonyl (C=O) groups is 2. The van der Waals surface area contributed by atoms with Crippen molar-refractivity contribution in [1.29, 1.82) is 0 Å². The Hall–Kier alpha value is -3.22. The lowest BCUT2D eigenvalue weighted by atomic mass is 10.1. The van der Waals surface area contributed by atoms with Crippen molar-refractivity contribution in [2.45, 2.75) is 13.0 Å². The quantitative estimate of drug-likeness (QED) is 0.753. The molecule has 122 valence electrons. The van der Waals surface area contributed by atoms with Crippen molar-refractivity contribution < 1.29 is 9.59 Å². The summed E-state index contributed by atoms with van der Waals surface area (Å²) >= 11 is 0. The lowest BCUT2D eigenvalue weighted by Crippen LogP contribution is -2.37. The summed E-state index contributed by atoms with van der Waals surface area (Å²) in [5.41, 5.74) is 7.88. The number of aromatic nitrogens is 3. The maximum Gasteiger partial charge on any atom is 0.253 e. The summed E-state index contributed by atoms with van der Waals surface area (Å²) in [6.45, 7) is 1.85. The van der Waals surface area contributed by atoms with Crippen molar-refractivity contribution in [3.63, 3.8) is 0 Å². The van der Waals surface area contributed by atoms with Gasteiger partial charge in [0, 0.05) is 18.6 Å². The van der Waals surface area contributed by atoms with Gasteiger partial charge >= 0.3 is 0 Å². The molecule has 0 spiro atoms. The third kappa shape index (κ3) is 2.83. The van der Waals surface area contributed by atoms with Crippen molar-refractivity contribution in [3.8, 4) is 0 Å². The van der Waals surface area contributed by atoms with Crippen LogP contribution in [0.3, 0.4) is 0 Å². The van der Waals surface area contributed by atoms with Crippen LogP contribution < -0.4 is 11.1 Å². The predicted molar refractivity (Wildman–Crippen MR) is 89.1 cm³/mol. The van der Waals surface area contributed by atoms with Crippen LogP contribution in [0.15, 0.2) is 42.6 Å². The highest BCUT2D eigenvalue weighted by molar-refractivity contribution is 5.99. The van der Waals surface area contributed by atoms with Gasteiger partial charge in [-0.3, -0.25) is 14.3 Å². The van der Waals surface area contributed by atoms with Crippen LogP contribution in [0.5, 0.6) is 0 Å². The van der Waals surface area contributed by atoms with Crippen molar-refractivity contribution in [3.05, 3.63) is 59.4 Å². The zero-order valence-corrected chi connectivity index (χ0v) is 13.4. The van der Waals surface area contributed by atoms with Crippen LogP contribution in [0.2, 0.25) is 0 Å². The first-order valence-electron chi connectivity index (χ1n) is 7.42. The molecule has 1 atom stereocenters. The smallest absolute Gasteiger partial charge is 0.253 e. The number of fused-ring (bicyclic) bond motifs is 1. The van der Waals surface area contributed by atoms with Crippen LogP contribution in [0.1, 0.15) is 27.7 Å². The summed E-state index contributed by atoms with van der Waals surface area (Å²) in [6.07, 6.45) is 1.46. The van der Waals surface area contributed by atoms with Crippen LogP contribution in [-0.2, 0) is 11.8 Å². The van der Waals surface area contributed by atoms with E-state index in [0.717, 1.165) is 11.1 Å². The first-order chi connectivity index (χ1) is 11.5. The molecule has 7 nitrogen and oxygen atoms in total. The Labute approximate surface area is 138 Å². The number of benzene rings is 1. The van der Waals surface area contributed by atoms with Gasteiger partial charge in [0.15, 0.2) is 5.65 Å². The minimum absolute atomic E-state index is 0.348. The first kappa shape index (κ1) is 15.7. The van der Waals surface area contributed by atoms with E-state index in [1.807, 2.05) is 13.0 Å². The van der Waals surface area contributed by atoms with Crippen molar-refractivity contribution in [2.24, 2.45) is 12.8 Å². The molecule has 1 aromatic carbocycles. The second-order valence-corrected chi connectivity index (χ2v) is 5.52. The average Bonchev–Trinajstić information content (AvgIpc) is 2.87. The molecule has 0 aliphatic rings. The van der Waals surface area contributed by atoms with E-state index in [9.17, 15) is 9.59 Å². The number of carbonyl (C=O) groups excluding carboxylic acids is 2. The largest absolute Gasteiger partial charge is 0.368 e. The van der Waals surface area contributed by atoms with E-state index in [2.05, 4.69) is 15.4 Å². The molecule has 0 fully saturated rings. The topological polar surface area (TPSA) is 103 Å². The van der Waals surface area contributed by atoms with E-state index in [-0.39, 0.29) is 0 Å². The minimum Gasteiger partial charge on any atom is -0.368 e. The Bertz CT molecular complexity index is 917. The van der Waals surface area contributed by atoms with Crippen LogP contribution in [-0.4, -0.2) is 26.6 Å². The van der Waals surface area contributed by atoms with Gasteiger partial charge in [0.2, 0.25) is 5.91 Å². The highest BCUT2D eigenvalue weighted by Crippen LogP contribution is 2.18. The second kappa shape index (κ2) is 6.11. The maximum atomic E-state index is 12.5. The van der Waals surface area contributed by atoms with E-state index in [4.69, 9.17) is 5.73 Å². The second-order valence-electron chi connectivity index (χ2n) is 5.52. The zero-order valence-electron chi connectivity index (χ0n) is 13.4. The minimum atomic E-state index is -0.899. The molecule has 3 aromatic rings. The monoisotopic (exact) mass is 323 g/mol. The Balaban J connectivity index is 1.91. The van der Waals surface area contributed by atoms with Gasteiger partial charge in [-0.2, -0.15) is 5.10 Å². The summed E-state index contributed by atoms with van der Waals surface area (Å²) in [5, 5.41) is 7.73. The number of amides is 2. The van der Waals surface area contributed by atoms with Crippen molar-refractivity contribution >= 4 is 22.8 Å². The number of aryl methyl sites for hydroxylation is 2. The Morgan fingerprint density at radius 1 is 1.25 bits per heavy atom. The molecule has 0 saturated heterocycles. The van der Waals surface area contributed by atoms with Gasteiger partial charge in [-0.1, -0.05) is 30.3 Å². The lowest BCUT2D eigenvalue weighted by molar-refractivity contribution is -0.120. The molecule has 2 heterocycles. The number of hydrogen-bond acceptors (Lipinski definition) is 4. The number of hydrogen-bond donors (Lipinski definition) is 2. The summed E-state index contributed by atoms with van der Waals surface area (Å²) in [6, 6.07) is 9.68. The predicted octanol–water partition coefficient (Wildman–Crippen LogP) is 1.23. The standard InChI is InChI=1S/C17H17N5O2/c1-10-13-8-12(9-19-16(13)22(2)21-10)17(24)20-14(15(18)23)11-6-4-3-5-7-11/h3-9,14H,1-2H3,(H2,18,23)(H,20,24). The highest BCUT2D eigenvalue weighted by Gasteiger charge is 2.21. The van der Waals surface area contributed by atoms with Gasteiger partial charge < -0.3 is 11.1 Å². The van der Waals surface area contributed by atoms with E-state index < -0.39 is 17.9 Å². The summed E-state index contributed by atoms with van der Waals surface area (Å²) in [5.74, 6) is -1.04. The Kier molecular flexibility index (Phi) is 3.99. The summed E-state index contributed by atoms with van der Waals surface area (Å²) in [7, 11) is 1.79. The molecule has 24 heavy (non-hydrogen) atoms. The molecule has 7 heteroatoms. The van der Waals surface area contributed by atoms with Gasteiger partial charge in [-0.25, -0.2) is 4.98 Å². The molecule has 2 aromatic heterocycles. The first-order valence-corrected chi connectivity index (χ1v) is 7.42. The van der Waals surface area contributed by atoms with E-state index in [0.29, 0.717) is 16.8 Å². The van der Waals surface area contributed by atoms with Gasteiger partial charge in [0.05, 0.1) is 11.3 Å². The molecular weight excluding hydrogens is 306 g/mol. The fraction of sp³-hybridized carbons (Fsp3) is 0.176. The fourth-order valence-corrected chi connectivity index (χ4v) is 2.61.